The van der Waals surface area contributed by atoms with E-state index >= 15 is 0 Å². The van der Waals surface area contributed by atoms with Crippen LogP contribution >= 0.6 is 15.9 Å². The Morgan fingerprint density at radius 2 is 2.23 bits per heavy atom. The van der Waals surface area contributed by atoms with E-state index in [2.05, 4.69) is 27.9 Å². The number of halogens is 1. The fraction of sp³-hybridized carbons (Fsp3) is 1.00. The van der Waals surface area contributed by atoms with Gasteiger partial charge in [0, 0.05) is 20.2 Å². The molecule has 0 aliphatic heterocycles. The van der Waals surface area contributed by atoms with Crippen molar-refractivity contribution < 1.29 is 4.74 Å². The minimum atomic E-state index is 0.475. The van der Waals surface area contributed by atoms with E-state index in [0.29, 0.717) is 4.83 Å². The van der Waals surface area contributed by atoms with Gasteiger partial charge in [-0.2, -0.15) is 0 Å². The van der Waals surface area contributed by atoms with Gasteiger partial charge in [-0.05, 0) is 25.8 Å². The standard InChI is InChI=1S/C10H20BrNO/c1-12(6-9-4-3-5-9)7-10(11)8-13-2/h9-10H,3-8H2,1-2H3. The van der Waals surface area contributed by atoms with Crippen LogP contribution in [0.5, 0.6) is 0 Å². The first-order chi connectivity index (χ1) is 6.22. The Bertz CT molecular complexity index is 139. The molecule has 0 heterocycles. The molecule has 1 unspecified atom stereocenters. The normalized spacial score (nSPS) is 20.3. The molecule has 1 atom stereocenters. The van der Waals surface area contributed by atoms with E-state index in [4.69, 9.17) is 4.74 Å². The molecule has 1 rings (SSSR count). The molecule has 1 fully saturated rings. The summed E-state index contributed by atoms with van der Waals surface area (Å²) in [5.74, 6) is 0.965. The van der Waals surface area contributed by atoms with Gasteiger partial charge in [-0.15, -0.1) is 0 Å². The van der Waals surface area contributed by atoms with E-state index in [1.807, 2.05) is 0 Å². The summed E-state index contributed by atoms with van der Waals surface area (Å²) < 4.78 is 5.08. The van der Waals surface area contributed by atoms with Crippen molar-refractivity contribution in [3.8, 4) is 0 Å². The zero-order valence-corrected chi connectivity index (χ0v) is 10.2. The average Bonchev–Trinajstić information content (AvgIpc) is 1.97. The zero-order chi connectivity index (χ0) is 9.68. The maximum atomic E-state index is 5.08. The average molecular weight is 250 g/mol. The monoisotopic (exact) mass is 249 g/mol. The number of methoxy groups -OCH3 is 1. The van der Waals surface area contributed by atoms with Crippen molar-refractivity contribution >= 4 is 15.9 Å². The Kier molecular flexibility index (Phi) is 5.29. The van der Waals surface area contributed by atoms with Crippen molar-refractivity contribution in [2.75, 3.05) is 33.9 Å². The van der Waals surface area contributed by atoms with Gasteiger partial charge >= 0.3 is 0 Å². The lowest BCUT2D eigenvalue weighted by Crippen LogP contribution is -2.34. The molecule has 1 saturated carbocycles. The van der Waals surface area contributed by atoms with Crippen LogP contribution in [0.25, 0.3) is 0 Å². The van der Waals surface area contributed by atoms with Crippen LogP contribution in [-0.2, 0) is 4.74 Å². The summed E-state index contributed by atoms with van der Waals surface area (Å²) in [6.45, 7) is 3.14. The van der Waals surface area contributed by atoms with E-state index in [9.17, 15) is 0 Å². The molecule has 0 radical (unpaired) electrons. The van der Waals surface area contributed by atoms with Gasteiger partial charge in [0.15, 0.2) is 0 Å². The van der Waals surface area contributed by atoms with Gasteiger partial charge in [-0.25, -0.2) is 0 Å². The molecule has 0 aromatic rings. The van der Waals surface area contributed by atoms with E-state index in [1.165, 1.54) is 25.8 Å². The number of alkyl halides is 1. The third-order valence-electron chi connectivity index (χ3n) is 2.65. The summed E-state index contributed by atoms with van der Waals surface area (Å²) in [7, 11) is 3.95. The smallest absolute Gasteiger partial charge is 0.0600 e. The second kappa shape index (κ2) is 5.99. The number of rotatable bonds is 6. The largest absolute Gasteiger partial charge is 0.383 e. The molecule has 2 nitrogen and oxygen atoms in total. The van der Waals surface area contributed by atoms with E-state index in [1.54, 1.807) is 7.11 Å². The van der Waals surface area contributed by atoms with Gasteiger partial charge in [-0.3, -0.25) is 0 Å². The minimum absolute atomic E-state index is 0.475. The summed E-state index contributed by atoms with van der Waals surface area (Å²) in [6, 6.07) is 0. The van der Waals surface area contributed by atoms with Crippen molar-refractivity contribution in [2.24, 2.45) is 5.92 Å². The van der Waals surface area contributed by atoms with Gasteiger partial charge in [-0.1, -0.05) is 22.4 Å². The van der Waals surface area contributed by atoms with Gasteiger partial charge in [0.25, 0.3) is 0 Å². The van der Waals surface area contributed by atoms with Crippen LogP contribution < -0.4 is 0 Å². The molecule has 0 spiro atoms. The van der Waals surface area contributed by atoms with Gasteiger partial charge in [0.2, 0.25) is 0 Å². The van der Waals surface area contributed by atoms with Crippen LogP contribution in [0.1, 0.15) is 19.3 Å². The number of hydrogen-bond acceptors (Lipinski definition) is 2. The van der Waals surface area contributed by atoms with Crippen LogP contribution in [0.2, 0.25) is 0 Å². The molecule has 13 heavy (non-hydrogen) atoms. The highest BCUT2D eigenvalue weighted by Gasteiger charge is 2.19. The summed E-state index contributed by atoms with van der Waals surface area (Å²) in [6.07, 6.45) is 4.30. The Labute approximate surface area is 89.8 Å². The van der Waals surface area contributed by atoms with Crippen molar-refractivity contribution in [3.63, 3.8) is 0 Å². The van der Waals surface area contributed by atoms with E-state index in [-0.39, 0.29) is 0 Å². The van der Waals surface area contributed by atoms with Crippen molar-refractivity contribution in [1.29, 1.82) is 0 Å². The molecule has 3 heteroatoms. The zero-order valence-electron chi connectivity index (χ0n) is 8.63. The van der Waals surface area contributed by atoms with E-state index < -0.39 is 0 Å². The lowest BCUT2D eigenvalue weighted by molar-refractivity contribution is 0.167. The van der Waals surface area contributed by atoms with Gasteiger partial charge in [0.1, 0.15) is 0 Å². The lowest BCUT2D eigenvalue weighted by Gasteiger charge is -2.30. The molecule has 0 bridgehead atoms. The molecule has 0 aromatic carbocycles. The van der Waals surface area contributed by atoms with E-state index in [0.717, 1.165) is 19.1 Å². The fourth-order valence-electron chi connectivity index (χ4n) is 1.76. The SMILES string of the molecule is COCC(Br)CN(C)CC1CCC1. The molecule has 78 valence electrons. The van der Waals surface area contributed by atoms with Crippen molar-refractivity contribution in [2.45, 2.75) is 24.1 Å². The summed E-state index contributed by atoms with van der Waals surface area (Å²) in [5.41, 5.74) is 0. The van der Waals surface area contributed by atoms with Gasteiger partial charge < -0.3 is 9.64 Å². The van der Waals surface area contributed by atoms with Crippen LogP contribution in [0.4, 0.5) is 0 Å². The topological polar surface area (TPSA) is 12.5 Å². The van der Waals surface area contributed by atoms with Crippen molar-refractivity contribution in [3.05, 3.63) is 0 Å². The highest BCUT2D eigenvalue weighted by Crippen LogP contribution is 2.26. The third-order valence-corrected chi connectivity index (χ3v) is 3.21. The fourth-order valence-corrected chi connectivity index (χ4v) is 2.52. The summed E-state index contributed by atoms with van der Waals surface area (Å²) in [4.78, 5) is 2.88. The van der Waals surface area contributed by atoms with Gasteiger partial charge in [0.05, 0.1) is 11.4 Å². The highest BCUT2D eigenvalue weighted by atomic mass is 79.9. The number of ether oxygens (including phenoxy) is 1. The maximum Gasteiger partial charge on any atom is 0.0600 e. The molecule has 1 aliphatic carbocycles. The van der Waals surface area contributed by atoms with Crippen molar-refractivity contribution in [1.82, 2.24) is 4.90 Å². The summed E-state index contributed by atoms with van der Waals surface area (Å²) in [5, 5.41) is 0. The minimum Gasteiger partial charge on any atom is -0.383 e. The quantitative estimate of drug-likeness (QED) is 0.669. The van der Waals surface area contributed by atoms with Crippen LogP contribution in [0.15, 0.2) is 0 Å². The number of nitrogens with zero attached hydrogens (tertiary/aromatic N) is 1. The first kappa shape index (κ1) is 11.5. The maximum absolute atomic E-state index is 5.08. The molecular formula is C10H20BrNO. The Morgan fingerprint density at radius 3 is 2.69 bits per heavy atom. The number of hydrogen-bond donors (Lipinski definition) is 0. The second-order valence-electron chi connectivity index (χ2n) is 4.07. The Hall–Kier alpha value is 0.400. The highest BCUT2D eigenvalue weighted by molar-refractivity contribution is 9.09. The molecule has 0 N–H and O–H groups in total. The predicted molar refractivity (Wildman–Crippen MR) is 59.4 cm³/mol. The summed E-state index contributed by atoms with van der Waals surface area (Å²) >= 11 is 3.60. The third kappa shape index (κ3) is 4.43. The molecule has 0 saturated heterocycles. The Balaban J connectivity index is 2.04. The van der Waals surface area contributed by atoms with Crippen LogP contribution in [0.3, 0.4) is 0 Å². The molecule has 0 amide bonds. The van der Waals surface area contributed by atoms with Crippen LogP contribution in [0, 0.1) is 5.92 Å². The Morgan fingerprint density at radius 1 is 1.54 bits per heavy atom. The van der Waals surface area contributed by atoms with Crippen LogP contribution in [-0.4, -0.2) is 43.6 Å². The molecule has 1 aliphatic rings. The first-order valence-corrected chi connectivity index (χ1v) is 5.95. The second-order valence-corrected chi connectivity index (χ2v) is 5.37. The first-order valence-electron chi connectivity index (χ1n) is 5.04. The molecule has 0 aromatic heterocycles. The lowest BCUT2D eigenvalue weighted by atomic mass is 9.85. The molecular weight excluding hydrogens is 230 g/mol. The predicted octanol–water partition coefficient (Wildman–Crippen LogP) is 2.13.